The molecule has 0 saturated heterocycles. The van der Waals surface area contributed by atoms with Gasteiger partial charge in [0.1, 0.15) is 11.6 Å². The number of aromatic nitrogens is 1. The number of carbonyl (C=O) groups is 2. The number of carbonyl (C=O) groups excluding carboxylic acids is 2. The molecule has 4 rings (SSSR count). The molecular formula is C25H22FN3O3. The fourth-order valence-electron chi connectivity index (χ4n) is 3.48. The number of hydrogen-bond donors (Lipinski definition) is 3. The summed E-state index contributed by atoms with van der Waals surface area (Å²) in [7, 11) is 1.59. The second-order valence-electron chi connectivity index (χ2n) is 7.36. The third-order valence-electron chi connectivity index (χ3n) is 5.06. The van der Waals surface area contributed by atoms with Gasteiger partial charge in [-0.15, -0.1) is 0 Å². The average molecular weight is 431 g/mol. The van der Waals surface area contributed by atoms with E-state index in [0.29, 0.717) is 11.4 Å². The van der Waals surface area contributed by atoms with Crippen LogP contribution in [0.25, 0.3) is 10.9 Å². The maximum absolute atomic E-state index is 14.2. The third kappa shape index (κ3) is 4.95. The van der Waals surface area contributed by atoms with Gasteiger partial charge in [0.25, 0.3) is 0 Å². The molecule has 3 N–H and O–H groups in total. The second kappa shape index (κ2) is 9.34. The Kier molecular flexibility index (Phi) is 6.17. The Hall–Kier alpha value is -4.13. The summed E-state index contributed by atoms with van der Waals surface area (Å²) in [5, 5.41) is 6.23. The van der Waals surface area contributed by atoms with Crippen molar-refractivity contribution >= 4 is 34.1 Å². The number of rotatable bonds is 7. The van der Waals surface area contributed by atoms with Crippen molar-refractivity contribution in [1.82, 2.24) is 4.98 Å². The van der Waals surface area contributed by atoms with Crippen LogP contribution in [0, 0.1) is 5.82 Å². The summed E-state index contributed by atoms with van der Waals surface area (Å²) in [5.74, 6) is -0.477. The number of ether oxygens (including phenoxy) is 1. The third-order valence-corrected chi connectivity index (χ3v) is 5.06. The molecule has 0 aliphatic carbocycles. The first-order valence-corrected chi connectivity index (χ1v) is 10.1. The summed E-state index contributed by atoms with van der Waals surface area (Å²) >= 11 is 0. The van der Waals surface area contributed by atoms with Crippen LogP contribution in [0.4, 0.5) is 15.8 Å². The van der Waals surface area contributed by atoms with Crippen molar-refractivity contribution in [2.24, 2.45) is 0 Å². The predicted molar refractivity (Wildman–Crippen MR) is 122 cm³/mol. The van der Waals surface area contributed by atoms with Crippen molar-refractivity contribution in [2.45, 2.75) is 12.8 Å². The van der Waals surface area contributed by atoms with E-state index in [1.807, 2.05) is 48.5 Å². The number of amides is 2. The zero-order valence-electron chi connectivity index (χ0n) is 17.4. The maximum atomic E-state index is 14.2. The number of anilines is 2. The van der Waals surface area contributed by atoms with Gasteiger partial charge in [-0.05, 0) is 47.5 Å². The van der Waals surface area contributed by atoms with E-state index in [-0.39, 0.29) is 30.3 Å². The molecule has 0 radical (unpaired) electrons. The first-order valence-electron chi connectivity index (χ1n) is 10.1. The Morgan fingerprint density at radius 3 is 2.50 bits per heavy atom. The van der Waals surface area contributed by atoms with E-state index < -0.39 is 5.82 Å². The molecule has 6 nitrogen and oxygen atoms in total. The van der Waals surface area contributed by atoms with Crippen LogP contribution in [0.2, 0.25) is 0 Å². The standard InChI is InChI=1S/C25H22FN3O3/c1-32-19-8-10-22-20(14-19)17(15-27-22)12-25(31)28-18-7-9-21(26)23(13-18)29-24(30)11-16-5-3-2-4-6-16/h2-10,13-15,27H,11-12H2,1H3,(H,28,31)(H,29,30). The summed E-state index contributed by atoms with van der Waals surface area (Å²) in [6, 6.07) is 18.9. The first kappa shape index (κ1) is 21.1. The fraction of sp³-hybridized carbons (Fsp3) is 0.120. The zero-order chi connectivity index (χ0) is 22.5. The number of methoxy groups -OCH3 is 1. The smallest absolute Gasteiger partial charge is 0.228 e. The summed E-state index contributed by atoms with van der Waals surface area (Å²) in [6.45, 7) is 0. The molecule has 0 saturated carbocycles. The summed E-state index contributed by atoms with van der Waals surface area (Å²) < 4.78 is 19.5. The van der Waals surface area contributed by atoms with Gasteiger partial charge in [0.15, 0.2) is 0 Å². The first-order chi connectivity index (χ1) is 15.5. The zero-order valence-corrected chi connectivity index (χ0v) is 17.4. The molecule has 0 fully saturated rings. The van der Waals surface area contributed by atoms with E-state index in [9.17, 15) is 14.0 Å². The summed E-state index contributed by atoms with van der Waals surface area (Å²) in [4.78, 5) is 28.0. The van der Waals surface area contributed by atoms with Crippen molar-refractivity contribution in [3.8, 4) is 5.75 Å². The molecule has 0 spiro atoms. The molecule has 1 aromatic heterocycles. The number of halogens is 1. The van der Waals surface area contributed by atoms with Crippen molar-refractivity contribution < 1.29 is 18.7 Å². The highest BCUT2D eigenvalue weighted by Gasteiger charge is 2.13. The Bertz CT molecular complexity index is 1270. The van der Waals surface area contributed by atoms with E-state index >= 15 is 0 Å². The lowest BCUT2D eigenvalue weighted by atomic mass is 10.1. The quantitative estimate of drug-likeness (QED) is 0.397. The number of fused-ring (bicyclic) bond motifs is 1. The highest BCUT2D eigenvalue weighted by atomic mass is 19.1. The SMILES string of the molecule is COc1ccc2[nH]cc(CC(=O)Nc3ccc(F)c(NC(=O)Cc4ccccc4)c3)c2c1. The van der Waals surface area contributed by atoms with Crippen molar-refractivity contribution in [2.75, 3.05) is 17.7 Å². The van der Waals surface area contributed by atoms with Gasteiger partial charge in [-0.25, -0.2) is 4.39 Å². The Labute approximate surface area is 184 Å². The molecule has 162 valence electrons. The predicted octanol–water partition coefficient (Wildman–Crippen LogP) is 4.68. The van der Waals surface area contributed by atoms with Crippen LogP contribution in [-0.4, -0.2) is 23.9 Å². The van der Waals surface area contributed by atoms with Crippen LogP contribution in [0.1, 0.15) is 11.1 Å². The minimum atomic E-state index is -0.576. The van der Waals surface area contributed by atoms with Crippen LogP contribution < -0.4 is 15.4 Å². The number of aromatic amines is 1. The van der Waals surface area contributed by atoms with Gasteiger partial charge in [0, 0.05) is 22.8 Å². The lowest BCUT2D eigenvalue weighted by Gasteiger charge is -2.10. The molecule has 0 atom stereocenters. The molecule has 2 amide bonds. The van der Waals surface area contributed by atoms with Gasteiger partial charge >= 0.3 is 0 Å². The van der Waals surface area contributed by atoms with E-state index in [2.05, 4.69) is 15.6 Å². The molecule has 0 unspecified atom stereocenters. The number of benzene rings is 3. The van der Waals surface area contributed by atoms with Crippen LogP contribution in [-0.2, 0) is 22.4 Å². The summed E-state index contributed by atoms with van der Waals surface area (Å²) in [5.41, 5.74) is 2.95. The Balaban J connectivity index is 1.43. The molecule has 4 aromatic rings. The molecule has 0 bridgehead atoms. The molecule has 7 heteroatoms. The molecule has 32 heavy (non-hydrogen) atoms. The molecule has 3 aromatic carbocycles. The van der Waals surface area contributed by atoms with Gasteiger partial charge in [-0.2, -0.15) is 0 Å². The molecule has 1 heterocycles. The number of nitrogens with one attached hydrogen (secondary N) is 3. The van der Waals surface area contributed by atoms with Crippen LogP contribution in [0.3, 0.4) is 0 Å². The highest BCUT2D eigenvalue weighted by molar-refractivity contribution is 5.97. The van der Waals surface area contributed by atoms with Gasteiger partial charge in [-0.3, -0.25) is 9.59 Å². The number of H-pyrrole nitrogens is 1. The van der Waals surface area contributed by atoms with Gasteiger partial charge in [-0.1, -0.05) is 30.3 Å². The Morgan fingerprint density at radius 1 is 0.938 bits per heavy atom. The van der Waals surface area contributed by atoms with Crippen molar-refractivity contribution in [1.29, 1.82) is 0 Å². The van der Waals surface area contributed by atoms with Crippen molar-refractivity contribution in [3.05, 3.63) is 89.9 Å². The maximum Gasteiger partial charge on any atom is 0.228 e. The highest BCUT2D eigenvalue weighted by Crippen LogP contribution is 2.25. The van der Waals surface area contributed by atoms with E-state index in [1.54, 1.807) is 13.3 Å². The number of hydrogen-bond acceptors (Lipinski definition) is 3. The van der Waals surface area contributed by atoms with Crippen LogP contribution in [0.5, 0.6) is 5.75 Å². The van der Waals surface area contributed by atoms with E-state index in [1.165, 1.54) is 18.2 Å². The lowest BCUT2D eigenvalue weighted by Crippen LogP contribution is -2.17. The van der Waals surface area contributed by atoms with Gasteiger partial charge in [0.2, 0.25) is 11.8 Å². The minimum Gasteiger partial charge on any atom is -0.497 e. The lowest BCUT2D eigenvalue weighted by molar-refractivity contribution is -0.116. The van der Waals surface area contributed by atoms with Gasteiger partial charge < -0.3 is 20.4 Å². The topological polar surface area (TPSA) is 83.2 Å². The summed E-state index contributed by atoms with van der Waals surface area (Å²) in [6.07, 6.45) is 2.03. The normalized spacial score (nSPS) is 10.7. The second-order valence-corrected chi connectivity index (χ2v) is 7.36. The van der Waals surface area contributed by atoms with E-state index in [4.69, 9.17) is 4.74 Å². The average Bonchev–Trinajstić information content (AvgIpc) is 3.18. The fourth-order valence-corrected chi connectivity index (χ4v) is 3.48. The Morgan fingerprint density at radius 2 is 1.72 bits per heavy atom. The molecule has 0 aliphatic heterocycles. The molecular weight excluding hydrogens is 409 g/mol. The largest absolute Gasteiger partial charge is 0.497 e. The minimum absolute atomic E-state index is 0.0144. The van der Waals surface area contributed by atoms with Crippen LogP contribution >= 0.6 is 0 Å². The van der Waals surface area contributed by atoms with Crippen molar-refractivity contribution in [3.63, 3.8) is 0 Å². The molecule has 0 aliphatic rings. The monoisotopic (exact) mass is 431 g/mol. The van der Waals surface area contributed by atoms with Crippen LogP contribution in [0.15, 0.2) is 72.9 Å². The van der Waals surface area contributed by atoms with Gasteiger partial charge in [0.05, 0.1) is 25.6 Å². The van der Waals surface area contributed by atoms with E-state index in [0.717, 1.165) is 22.0 Å².